The predicted molar refractivity (Wildman–Crippen MR) is 109 cm³/mol. The van der Waals surface area contributed by atoms with Crippen LogP contribution < -0.4 is 20.8 Å². The Morgan fingerprint density at radius 3 is 2.61 bits per heavy atom. The van der Waals surface area contributed by atoms with E-state index in [-0.39, 0.29) is 17.3 Å². The minimum atomic E-state index is -0.653. The maximum absolute atomic E-state index is 12.0. The van der Waals surface area contributed by atoms with Crippen molar-refractivity contribution in [3.8, 4) is 11.5 Å². The smallest absolute Gasteiger partial charge is 0.273 e. The van der Waals surface area contributed by atoms with E-state index in [4.69, 9.17) is 15.2 Å². The molecule has 2 N–H and O–H groups in total. The third kappa shape index (κ3) is 5.12. The minimum Gasteiger partial charge on any atom is -0.490 e. The van der Waals surface area contributed by atoms with E-state index in [0.717, 1.165) is 10.2 Å². The van der Waals surface area contributed by atoms with Crippen molar-refractivity contribution in [1.82, 2.24) is 9.58 Å². The Bertz CT molecular complexity index is 934. The average Bonchev–Trinajstić information content (AvgIpc) is 2.62. The Hall–Kier alpha value is -3.29. The molecule has 0 saturated carbocycles. The number of amides is 1. The van der Waals surface area contributed by atoms with Gasteiger partial charge >= 0.3 is 0 Å². The fraction of sp³-hybridized carbons (Fsp3) is 0.350. The van der Waals surface area contributed by atoms with Crippen molar-refractivity contribution in [2.45, 2.75) is 26.9 Å². The summed E-state index contributed by atoms with van der Waals surface area (Å²) in [4.78, 5) is 25.5. The first-order chi connectivity index (χ1) is 13.2. The van der Waals surface area contributed by atoms with Crippen molar-refractivity contribution in [3.05, 3.63) is 51.8 Å². The Morgan fingerprint density at radius 1 is 1.29 bits per heavy atom. The number of nitrogens with two attached hydrogens (primary N) is 1. The molecule has 28 heavy (non-hydrogen) atoms. The number of carbonyl (C=O) groups is 1. The van der Waals surface area contributed by atoms with E-state index in [2.05, 4.69) is 5.10 Å². The molecule has 1 aromatic carbocycles. The summed E-state index contributed by atoms with van der Waals surface area (Å²) in [6.07, 6.45) is 0.855. The van der Waals surface area contributed by atoms with E-state index in [1.807, 2.05) is 6.92 Å². The number of aryl methyl sites for hydroxylation is 1. The first-order valence-electron chi connectivity index (χ1n) is 8.91. The van der Waals surface area contributed by atoms with Crippen LogP contribution in [0, 0.1) is 6.92 Å². The van der Waals surface area contributed by atoms with E-state index < -0.39 is 6.10 Å². The highest BCUT2D eigenvalue weighted by molar-refractivity contribution is 5.82. The number of rotatable bonds is 7. The lowest BCUT2D eigenvalue weighted by atomic mass is 10.2. The summed E-state index contributed by atoms with van der Waals surface area (Å²) < 4.78 is 12.5. The molecule has 2 aromatic rings. The van der Waals surface area contributed by atoms with Crippen LogP contribution in [0.2, 0.25) is 0 Å². The summed E-state index contributed by atoms with van der Waals surface area (Å²) in [6, 6.07) is 8.31. The van der Waals surface area contributed by atoms with Gasteiger partial charge in [0.15, 0.2) is 17.6 Å². The monoisotopic (exact) mass is 386 g/mol. The van der Waals surface area contributed by atoms with Crippen LogP contribution in [-0.2, 0) is 4.79 Å². The molecule has 8 heteroatoms. The highest BCUT2D eigenvalue weighted by atomic mass is 16.5. The molecule has 1 heterocycles. The third-order valence-electron chi connectivity index (χ3n) is 3.86. The van der Waals surface area contributed by atoms with Crippen LogP contribution in [0.5, 0.6) is 11.5 Å². The molecule has 0 fully saturated rings. The molecule has 0 aliphatic carbocycles. The molecule has 0 unspecified atom stereocenters. The van der Waals surface area contributed by atoms with Crippen molar-refractivity contribution in [2.24, 2.45) is 5.10 Å². The maximum Gasteiger partial charge on any atom is 0.273 e. The van der Waals surface area contributed by atoms with Crippen LogP contribution >= 0.6 is 0 Å². The molecule has 1 aromatic heterocycles. The second kappa shape index (κ2) is 9.07. The number of benzene rings is 1. The number of carbonyl (C=O) groups excluding carboxylic acids is 1. The summed E-state index contributed by atoms with van der Waals surface area (Å²) in [7, 11) is 3.34. The molecule has 0 aliphatic rings. The second-order valence-corrected chi connectivity index (χ2v) is 6.48. The fourth-order valence-electron chi connectivity index (χ4n) is 2.54. The Morgan fingerprint density at radius 2 is 2.00 bits per heavy atom. The van der Waals surface area contributed by atoms with Crippen LogP contribution in [0.4, 0.5) is 5.82 Å². The number of pyridine rings is 1. The zero-order chi connectivity index (χ0) is 20.8. The molecule has 8 nitrogen and oxygen atoms in total. The number of hydrogen-bond acceptors (Lipinski definition) is 6. The third-order valence-corrected chi connectivity index (χ3v) is 3.86. The molecule has 0 aliphatic heterocycles. The molecule has 150 valence electrons. The molecular formula is C20H26N4O4. The van der Waals surface area contributed by atoms with Gasteiger partial charge in [0.1, 0.15) is 5.82 Å². The number of ether oxygens (including phenoxy) is 2. The molecule has 0 spiro atoms. The Balaban J connectivity index is 2.29. The summed E-state index contributed by atoms with van der Waals surface area (Å²) in [5.41, 5.74) is 7.02. The summed E-state index contributed by atoms with van der Waals surface area (Å²) >= 11 is 0. The topological polar surface area (TPSA) is 99.1 Å². The standard InChI is InChI=1S/C20H26N4O4/c1-6-27-17-11-15(7-8-16(17)28-14(3)20(26)23(4)5)12-22-24-18(21)9-13(2)10-19(24)25/h7-12,14H,6,21H2,1-5H3/b22-12-/t14-/m0/s1. The fourth-order valence-corrected chi connectivity index (χ4v) is 2.54. The minimum absolute atomic E-state index is 0.151. The highest BCUT2D eigenvalue weighted by Crippen LogP contribution is 2.29. The molecular weight excluding hydrogens is 360 g/mol. The number of nitrogen functional groups attached to an aromatic ring is 1. The Kier molecular flexibility index (Phi) is 6.81. The molecule has 1 atom stereocenters. The van der Waals surface area contributed by atoms with E-state index >= 15 is 0 Å². The van der Waals surface area contributed by atoms with Gasteiger partial charge in [0, 0.05) is 20.2 Å². The molecule has 1 amide bonds. The van der Waals surface area contributed by atoms with Crippen LogP contribution in [0.1, 0.15) is 25.0 Å². The molecule has 0 bridgehead atoms. The van der Waals surface area contributed by atoms with Crippen LogP contribution in [-0.4, -0.2) is 48.5 Å². The second-order valence-electron chi connectivity index (χ2n) is 6.48. The number of anilines is 1. The summed E-state index contributed by atoms with van der Waals surface area (Å²) in [6.45, 7) is 5.75. The van der Waals surface area contributed by atoms with Crippen molar-refractivity contribution < 1.29 is 14.3 Å². The Labute approximate surface area is 164 Å². The van der Waals surface area contributed by atoms with Gasteiger partial charge < -0.3 is 20.1 Å². The lowest BCUT2D eigenvalue weighted by Crippen LogP contribution is -2.35. The van der Waals surface area contributed by atoms with Crippen molar-refractivity contribution in [3.63, 3.8) is 0 Å². The number of nitrogens with zero attached hydrogens (tertiary/aromatic N) is 3. The normalized spacial score (nSPS) is 12.0. The largest absolute Gasteiger partial charge is 0.490 e. The van der Waals surface area contributed by atoms with Crippen molar-refractivity contribution in [1.29, 1.82) is 0 Å². The van der Waals surface area contributed by atoms with E-state index in [1.54, 1.807) is 52.2 Å². The summed E-state index contributed by atoms with van der Waals surface area (Å²) in [5, 5.41) is 4.16. The first kappa shape index (κ1) is 21.0. The van der Waals surface area contributed by atoms with Crippen LogP contribution in [0.25, 0.3) is 0 Å². The van der Waals surface area contributed by atoms with Gasteiger partial charge in [-0.3, -0.25) is 9.59 Å². The van der Waals surface area contributed by atoms with E-state index in [0.29, 0.717) is 23.7 Å². The maximum atomic E-state index is 12.0. The van der Waals surface area contributed by atoms with Gasteiger partial charge in [-0.2, -0.15) is 9.78 Å². The number of likely N-dealkylation sites (N-methyl/N-ethyl adjacent to an activating group) is 1. The first-order valence-corrected chi connectivity index (χ1v) is 8.91. The average molecular weight is 386 g/mol. The molecule has 2 rings (SSSR count). The van der Waals surface area contributed by atoms with Gasteiger partial charge in [0.05, 0.1) is 12.8 Å². The quantitative estimate of drug-likeness (QED) is 0.733. The lowest BCUT2D eigenvalue weighted by Gasteiger charge is -2.20. The highest BCUT2D eigenvalue weighted by Gasteiger charge is 2.18. The van der Waals surface area contributed by atoms with Gasteiger partial charge in [-0.1, -0.05) is 0 Å². The number of aromatic nitrogens is 1. The van der Waals surface area contributed by atoms with Crippen molar-refractivity contribution in [2.75, 3.05) is 26.4 Å². The van der Waals surface area contributed by atoms with Gasteiger partial charge in [0.25, 0.3) is 11.5 Å². The van der Waals surface area contributed by atoms with Crippen LogP contribution in [0.3, 0.4) is 0 Å². The molecule has 0 radical (unpaired) electrons. The van der Waals surface area contributed by atoms with E-state index in [9.17, 15) is 9.59 Å². The predicted octanol–water partition coefficient (Wildman–Crippen LogP) is 1.88. The van der Waals surface area contributed by atoms with Crippen LogP contribution in [0.15, 0.2) is 40.2 Å². The summed E-state index contributed by atoms with van der Waals surface area (Å²) in [5.74, 6) is 1.03. The van der Waals surface area contributed by atoms with Gasteiger partial charge in [-0.25, -0.2) is 0 Å². The van der Waals surface area contributed by atoms with Gasteiger partial charge in [-0.05, 0) is 56.2 Å². The lowest BCUT2D eigenvalue weighted by molar-refractivity contribution is -0.135. The zero-order valence-corrected chi connectivity index (χ0v) is 16.8. The zero-order valence-electron chi connectivity index (χ0n) is 16.8. The van der Waals surface area contributed by atoms with E-state index in [1.165, 1.54) is 17.2 Å². The molecule has 0 saturated heterocycles. The SMILES string of the molecule is CCOc1cc(/C=N\n2c(N)cc(C)cc2=O)ccc1O[C@@H](C)C(=O)N(C)C. The number of hydrogen-bond donors (Lipinski definition) is 1. The van der Waals surface area contributed by atoms with Gasteiger partial charge in [-0.15, -0.1) is 0 Å². The van der Waals surface area contributed by atoms with Crippen molar-refractivity contribution >= 4 is 17.9 Å². The van der Waals surface area contributed by atoms with Gasteiger partial charge in [0.2, 0.25) is 0 Å².